The predicted octanol–water partition coefficient (Wildman–Crippen LogP) is 2.05. The van der Waals surface area contributed by atoms with Crippen LogP contribution in [0.3, 0.4) is 0 Å². The number of H-pyrrole nitrogens is 1. The monoisotopic (exact) mass is 232 g/mol. The average Bonchev–Trinajstić information content (AvgIpc) is 2.83. The normalized spacial score (nSPS) is 22.1. The number of aromatic amines is 1. The Hall–Kier alpha value is -1.83. The maximum absolute atomic E-state index is 12.1. The fraction of sp³-hybridized carbons (Fsp3) is 0.583. The number of amides is 1. The minimum Gasteiger partial charge on any atom is -0.310 e. The quantitative estimate of drug-likeness (QED) is 0.818. The third kappa shape index (κ3) is 2.16. The van der Waals surface area contributed by atoms with Gasteiger partial charge in [0.1, 0.15) is 17.5 Å². The van der Waals surface area contributed by atoms with Crippen LogP contribution in [0.15, 0.2) is 6.20 Å². The van der Waals surface area contributed by atoms with Crippen molar-refractivity contribution in [3.63, 3.8) is 0 Å². The summed E-state index contributed by atoms with van der Waals surface area (Å²) < 4.78 is 0. The summed E-state index contributed by atoms with van der Waals surface area (Å²) in [6.07, 6.45) is 4.47. The van der Waals surface area contributed by atoms with Gasteiger partial charge in [-0.25, -0.2) is 0 Å². The molecule has 1 saturated carbocycles. The van der Waals surface area contributed by atoms with Crippen LogP contribution in [0.4, 0.5) is 5.82 Å². The number of hydrogen-bond donors (Lipinski definition) is 2. The lowest BCUT2D eigenvalue weighted by molar-refractivity contribution is -0.122. The van der Waals surface area contributed by atoms with Gasteiger partial charge in [0.15, 0.2) is 0 Å². The smallest absolute Gasteiger partial charge is 0.229 e. The van der Waals surface area contributed by atoms with Crippen LogP contribution in [0.5, 0.6) is 0 Å². The Morgan fingerprint density at radius 2 is 2.47 bits per heavy atom. The number of aromatic nitrogens is 2. The molecule has 1 fully saturated rings. The molecule has 1 aliphatic carbocycles. The zero-order valence-electron chi connectivity index (χ0n) is 10.1. The summed E-state index contributed by atoms with van der Waals surface area (Å²) in [5.74, 6) is 0.394. The van der Waals surface area contributed by atoms with Gasteiger partial charge in [-0.2, -0.15) is 10.4 Å². The summed E-state index contributed by atoms with van der Waals surface area (Å²) in [4.78, 5) is 12.1. The Labute approximate surface area is 100 Å². The second-order valence-electron chi connectivity index (χ2n) is 5.19. The van der Waals surface area contributed by atoms with Crippen molar-refractivity contribution in [1.82, 2.24) is 10.2 Å². The third-order valence-electron chi connectivity index (χ3n) is 3.58. The molecule has 1 aromatic rings. The summed E-state index contributed by atoms with van der Waals surface area (Å²) in [6, 6.07) is 1.98. The van der Waals surface area contributed by atoms with Crippen LogP contribution in [0.2, 0.25) is 0 Å². The van der Waals surface area contributed by atoms with Crippen LogP contribution in [0, 0.1) is 22.7 Å². The number of nitrogens with one attached hydrogen (secondary N) is 2. The Balaban J connectivity index is 2.10. The van der Waals surface area contributed by atoms with Crippen molar-refractivity contribution in [2.75, 3.05) is 5.32 Å². The number of nitrogens with zero attached hydrogens (tertiary/aromatic N) is 2. The zero-order chi connectivity index (χ0) is 12.5. The Morgan fingerprint density at radius 1 is 1.71 bits per heavy atom. The van der Waals surface area contributed by atoms with Crippen molar-refractivity contribution < 1.29 is 4.79 Å². The first-order chi connectivity index (χ1) is 8.04. The number of carbonyl (C=O) groups is 1. The van der Waals surface area contributed by atoms with E-state index >= 15 is 0 Å². The molecule has 1 aliphatic rings. The lowest BCUT2D eigenvalue weighted by Gasteiger charge is -2.25. The molecule has 1 heterocycles. The lowest BCUT2D eigenvalue weighted by Crippen LogP contribution is -2.31. The van der Waals surface area contributed by atoms with E-state index in [9.17, 15) is 4.79 Å². The predicted molar refractivity (Wildman–Crippen MR) is 63.1 cm³/mol. The topological polar surface area (TPSA) is 81.6 Å². The van der Waals surface area contributed by atoms with Gasteiger partial charge in [-0.3, -0.25) is 9.89 Å². The fourth-order valence-electron chi connectivity index (χ4n) is 2.49. The highest BCUT2D eigenvalue weighted by Gasteiger charge is 2.39. The van der Waals surface area contributed by atoms with E-state index < -0.39 is 0 Å². The molecule has 2 rings (SSSR count). The number of nitriles is 1. The molecule has 17 heavy (non-hydrogen) atoms. The Morgan fingerprint density at radius 3 is 3.06 bits per heavy atom. The summed E-state index contributed by atoms with van der Waals surface area (Å²) >= 11 is 0. The van der Waals surface area contributed by atoms with Crippen LogP contribution < -0.4 is 5.32 Å². The van der Waals surface area contributed by atoms with E-state index in [4.69, 9.17) is 5.26 Å². The number of hydrogen-bond acceptors (Lipinski definition) is 3. The van der Waals surface area contributed by atoms with Gasteiger partial charge in [-0.05, 0) is 18.3 Å². The molecule has 0 aromatic carbocycles. The maximum atomic E-state index is 12.1. The van der Waals surface area contributed by atoms with Crippen LogP contribution in [-0.4, -0.2) is 16.1 Å². The van der Waals surface area contributed by atoms with Gasteiger partial charge in [0.05, 0.1) is 6.20 Å². The molecular weight excluding hydrogens is 216 g/mol. The van der Waals surface area contributed by atoms with E-state index in [2.05, 4.69) is 29.4 Å². The van der Waals surface area contributed by atoms with Gasteiger partial charge in [0.2, 0.25) is 5.91 Å². The number of anilines is 1. The standard InChI is InChI=1S/C12H16N4O/c1-12(2)5-3-4-9(12)11(17)15-10-8(6-13)7-14-16-10/h7,9H,3-5H2,1-2H3,(H2,14,15,16,17). The first-order valence-corrected chi connectivity index (χ1v) is 5.79. The highest BCUT2D eigenvalue weighted by Crippen LogP contribution is 2.42. The molecule has 0 aliphatic heterocycles. The molecule has 1 aromatic heterocycles. The largest absolute Gasteiger partial charge is 0.310 e. The molecule has 0 saturated heterocycles. The van der Waals surface area contributed by atoms with Crippen LogP contribution >= 0.6 is 0 Å². The van der Waals surface area contributed by atoms with Gasteiger partial charge in [-0.15, -0.1) is 0 Å². The van der Waals surface area contributed by atoms with Crippen molar-refractivity contribution in [3.05, 3.63) is 11.8 Å². The molecule has 0 spiro atoms. The average molecular weight is 232 g/mol. The summed E-state index contributed by atoms with van der Waals surface area (Å²) in [6.45, 7) is 4.23. The minimum atomic E-state index is -0.0201. The summed E-state index contributed by atoms with van der Waals surface area (Å²) in [5, 5.41) is 18.0. The van der Waals surface area contributed by atoms with E-state index in [1.54, 1.807) is 0 Å². The minimum absolute atomic E-state index is 0.0114. The molecule has 1 unspecified atom stereocenters. The number of rotatable bonds is 2. The molecule has 1 atom stereocenters. The SMILES string of the molecule is CC1(C)CCCC1C(=O)Nc1[nH]ncc1C#N. The van der Waals surface area contributed by atoms with Crippen molar-refractivity contribution >= 4 is 11.7 Å². The second-order valence-corrected chi connectivity index (χ2v) is 5.19. The van der Waals surface area contributed by atoms with Gasteiger partial charge in [-0.1, -0.05) is 20.3 Å². The van der Waals surface area contributed by atoms with E-state index in [1.165, 1.54) is 6.20 Å². The zero-order valence-corrected chi connectivity index (χ0v) is 10.1. The van der Waals surface area contributed by atoms with Gasteiger partial charge < -0.3 is 5.32 Å². The van der Waals surface area contributed by atoms with E-state index in [1.807, 2.05) is 6.07 Å². The summed E-state index contributed by atoms with van der Waals surface area (Å²) in [5.41, 5.74) is 0.408. The fourth-order valence-corrected chi connectivity index (χ4v) is 2.49. The second kappa shape index (κ2) is 4.21. The Bertz CT molecular complexity index is 469. The van der Waals surface area contributed by atoms with Gasteiger partial charge in [0, 0.05) is 5.92 Å². The van der Waals surface area contributed by atoms with Crippen molar-refractivity contribution in [2.45, 2.75) is 33.1 Å². The highest BCUT2D eigenvalue weighted by atomic mass is 16.2. The first-order valence-electron chi connectivity index (χ1n) is 5.79. The van der Waals surface area contributed by atoms with Crippen LogP contribution in [0.1, 0.15) is 38.7 Å². The first kappa shape index (κ1) is 11.6. The molecule has 90 valence electrons. The molecule has 5 heteroatoms. The van der Waals surface area contributed by atoms with E-state index in [0.717, 1.165) is 19.3 Å². The maximum Gasteiger partial charge on any atom is 0.229 e. The molecule has 5 nitrogen and oxygen atoms in total. The molecule has 2 N–H and O–H groups in total. The molecule has 1 amide bonds. The molecule has 0 radical (unpaired) electrons. The van der Waals surface area contributed by atoms with Crippen molar-refractivity contribution in [1.29, 1.82) is 5.26 Å². The van der Waals surface area contributed by atoms with E-state index in [0.29, 0.717) is 11.4 Å². The highest BCUT2D eigenvalue weighted by molar-refractivity contribution is 5.93. The van der Waals surface area contributed by atoms with Crippen molar-refractivity contribution in [3.8, 4) is 6.07 Å². The Kier molecular flexibility index (Phi) is 2.88. The van der Waals surface area contributed by atoms with Gasteiger partial charge in [0.25, 0.3) is 0 Å². The number of carbonyl (C=O) groups excluding carboxylic acids is 1. The lowest BCUT2D eigenvalue weighted by atomic mass is 9.81. The summed E-state index contributed by atoms with van der Waals surface area (Å²) in [7, 11) is 0. The van der Waals surface area contributed by atoms with Crippen LogP contribution in [0.25, 0.3) is 0 Å². The van der Waals surface area contributed by atoms with Crippen molar-refractivity contribution in [2.24, 2.45) is 11.3 Å². The molecular formula is C12H16N4O. The van der Waals surface area contributed by atoms with Gasteiger partial charge >= 0.3 is 0 Å². The molecule has 0 bridgehead atoms. The van der Waals surface area contributed by atoms with Crippen LogP contribution in [-0.2, 0) is 4.79 Å². The third-order valence-corrected chi connectivity index (χ3v) is 3.58. The van der Waals surface area contributed by atoms with E-state index in [-0.39, 0.29) is 17.2 Å².